The molecule has 1 aromatic heterocycles. The molecule has 0 amide bonds. The van der Waals surface area contributed by atoms with Gasteiger partial charge in [0.15, 0.2) is 5.16 Å². The summed E-state index contributed by atoms with van der Waals surface area (Å²) in [5.41, 5.74) is 2.46. The van der Waals surface area contributed by atoms with E-state index >= 15 is 0 Å². The summed E-state index contributed by atoms with van der Waals surface area (Å²) in [7, 11) is 0. The fourth-order valence-electron chi connectivity index (χ4n) is 4.79. The lowest BCUT2D eigenvalue weighted by atomic mass is 9.95. The molecular weight excluding hydrogens is 435 g/mol. The van der Waals surface area contributed by atoms with Crippen LogP contribution < -0.4 is 0 Å². The summed E-state index contributed by atoms with van der Waals surface area (Å²) in [4.78, 5) is 2.54. The Bertz CT molecular complexity index is 1010. The third-order valence-corrected chi connectivity index (χ3v) is 7.68. The van der Waals surface area contributed by atoms with Crippen LogP contribution in [0.2, 0.25) is 0 Å². The average molecular weight is 467 g/mol. The zero-order valence-corrected chi connectivity index (χ0v) is 19.7. The summed E-state index contributed by atoms with van der Waals surface area (Å²) < 4.78 is 21.5. The van der Waals surface area contributed by atoms with Crippen molar-refractivity contribution in [1.29, 1.82) is 0 Å². The Morgan fingerprint density at radius 3 is 2.45 bits per heavy atom. The van der Waals surface area contributed by atoms with E-state index in [2.05, 4.69) is 50.0 Å². The van der Waals surface area contributed by atoms with Crippen molar-refractivity contribution in [3.05, 3.63) is 77.4 Å². The summed E-state index contributed by atoms with van der Waals surface area (Å²) >= 11 is 1.68. The number of aromatic nitrogens is 3. The van der Waals surface area contributed by atoms with Crippen LogP contribution in [0.3, 0.4) is 0 Å². The minimum atomic E-state index is -0.203. The molecule has 7 heteroatoms. The second-order valence-electron chi connectivity index (χ2n) is 9.04. The van der Waals surface area contributed by atoms with E-state index in [1.807, 2.05) is 12.1 Å². The van der Waals surface area contributed by atoms with Gasteiger partial charge in [0, 0.05) is 24.8 Å². The third-order valence-electron chi connectivity index (χ3n) is 6.64. The van der Waals surface area contributed by atoms with E-state index < -0.39 is 0 Å². The Balaban J connectivity index is 1.26. The Hall–Kier alpha value is -2.22. The molecule has 5 rings (SSSR count). The van der Waals surface area contributed by atoms with Gasteiger partial charge in [-0.15, -0.1) is 10.2 Å². The van der Waals surface area contributed by atoms with Crippen LogP contribution in [0.1, 0.15) is 48.6 Å². The minimum Gasteiger partial charge on any atom is -0.376 e. The van der Waals surface area contributed by atoms with Crippen LogP contribution in [0.25, 0.3) is 0 Å². The normalized spacial score (nSPS) is 19.8. The number of nitrogens with zero attached hydrogens (tertiary/aromatic N) is 4. The molecule has 0 N–H and O–H groups in total. The molecule has 0 saturated carbocycles. The topological polar surface area (TPSA) is 43.2 Å². The van der Waals surface area contributed by atoms with Crippen molar-refractivity contribution >= 4 is 11.8 Å². The van der Waals surface area contributed by atoms with Gasteiger partial charge in [-0.05, 0) is 62.0 Å². The summed E-state index contributed by atoms with van der Waals surface area (Å²) in [5.74, 6) is 2.07. The van der Waals surface area contributed by atoms with E-state index in [9.17, 15) is 4.39 Å². The van der Waals surface area contributed by atoms with Crippen LogP contribution in [0.15, 0.2) is 59.8 Å². The molecule has 2 aliphatic heterocycles. The first-order valence-corrected chi connectivity index (χ1v) is 12.9. The first-order valence-electron chi connectivity index (χ1n) is 11.9. The Kier molecular flexibility index (Phi) is 7.39. The van der Waals surface area contributed by atoms with Crippen LogP contribution in [-0.4, -0.2) is 45.5 Å². The maximum absolute atomic E-state index is 13.2. The maximum atomic E-state index is 13.2. The number of piperidine rings is 1. The van der Waals surface area contributed by atoms with E-state index in [4.69, 9.17) is 4.74 Å². The second-order valence-corrected chi connectivity index (χ2v) is 9.98. The van der Waals surface area contributed by atoms with Gasteiger partial charge in [-0.3, -0.25) is 4.90 Å². The molecule has 3 heterocycles. The van der Waals surface area contributed by atoms with Gasteiger partial charge in [0.2, 0.25) is 0 Å². The minimum absolute atomic E-state index is 0.203. The molecule has 2 aromatic carbocycles. The van der Waals surface area contributed by atoms with Gasteiger partial charge < -0.3 is 9.30 Å². The zero-order chi connectivity index (χ0) is 22.5. The lowest BCUT2D eigenvalue weighted by Crippen LogP contribution is -2.33. The average Bonchev–Trinajstić information content (AvgIpc) is 3.51. The second kappa shape index (κ2) is 10.8. The quantitative estimate of drug-likeness (QED) is 0.423. The van der Waals surface area contributed by atoms with Gasteiger partial charge in [0.1, 0.15) is 11.6 Å². The molecule has 0 radical (unpaired) electrons. The molecular formula is C26H31FN4OS. The SMILES string of the molecule is Fc1ccc(CSc2nnc(C3CCN(Cc4ccccc4)CC3)n2C[C@H]2CCCO2)cc1. The lowest BCUT2D eigenvalue weighted by Gasteiger charge is -2.32. The molecule has 0 aliphatic carbocycles. The van der Waals surface area contributed by atoms with Gasteiger partial charge in [-0.1, -0.05) is 54.2 Å². The highest BCUT2D eigenvalue weighted by Crippen LogP contribution is 2.32. The van der Waals surface area contributed by atoms with Gasteiger partial charge in [-0.2, -0.15) is 0 Å². The number of halogens is 1. The number of likely N-dealkylation sites (tertiary alicyclic amines) is 1. The number of rotatable bonds is 8. The summed E-state index contributed by atoms with van der Waals surface area (Å²) in [6.45, 7) is 4.82. The van der Waals surface area contributed by atoms with E-state index in [0.29, 0.717) is 5.92 Å². The van der Waals surface area contributed by atoms with Crippen LogP contribution in [0.4, 0.5) is 4.39 Å². The third kappa shape index (κ3) is 5.83. The molecule has 2 saturated heterocycles. The summed E-state index contributed by atoms with van der Waals surface area (Å²) in [6, 6.07) is 17.4. The van der Waals surface area contributed by atoms with Crippen LogP contribution in [-0.2, 0) is 23.6 Å². The van der Waals surface area contributed by atoms with Crippen molar-refractivity contribution in [3.63, 3.8) is 0 Å². The predicted molar refractivity (Wildman–Crippen MR) is 129 cm³/mol. The lowest BCUT2D eigenvalue weighted by molar-refractivity contribution is 0.0931. The van der Waals surface area contributed by atoms with Gasteiger partial charge >= 0.3 is 0 Å². The summed E-state index contributed by atoms with van der Waals surface area (Å²) in [6.07, 6.45) is 4.65. The van der Waals surface area contributed by atoms with Crippen molar-refractivity contribution in [2.24, 2.45) is 0 Å². The van der Waals surface area contributed by atoms with Gasteiger partial charge in [0.25, 0.3) is 0 Å². The fourth-order valence-corrected chi connectivity index (χ4v) is 5.70. The van der Waals surface area contributed by atoms with Crippen molar-refractivity contribution in [2.75, 3.05) is 19.7 Å². The van der Waals surface area contributed by atoms with Gasteiger partial charge in [0.05, 0.1) is 12.6 Å². The Morgan fingerprint density at radius 2 is 1.73 bits per heavy atom. The van der Waals surface area contributed by atoms with E-state index in [1.165, 1.54) is 17.7 Å². The standard InChI is InChI=1S/C26H31FN4OS/c27-23-10-8-21(9-11-23)19-33-26-29-28-25(31(26)18-24-7-4-16-32-24)22-12-14-30(15-13-22)17-20-5-2-1-3-6-20/h1-3,5-6,8-11,22,24H,4,7,12-19H2/t24-/m1/s1. The van der Waals surface area contributed by atoms with Crippen LogP contribution in [0, 0.1) is 5.82 Å². The van der Waals surface area contributed by atoms with Crippen molar-refractivity contribution in [2.45, 2.75) is 61.7 Å². The monoisotopic (exact) mass is 466 g/mol. The number of hydrogen-bond acceptors (Lipinski definition) is 5. The highest BCUT2D eigenvalue weighted by molar-refractivity contribution is 7.98. The highest BCUT2D eigenvalue weighted by atomic mass is 32.2. The number of thioether (sulfide) groups is 1. The van der Waals surface area contributed by atoms with E-state index in [1.54, 1.807) is 11.8 Å². The van der Waals surface area contributed by atoms with E-state index in [0.717, 1.165) is 80.8 Å². The molecule has 174 valence electrons. The van der Waals surface area contributed by atoms with Crippen LogP contribution in [0.5, 0.6) is 0 Å². The zero-order valence-electron chi connectivity index (χ0n) is 18.9. The van der Waals surface area contributed by atoms with E-state index in [-0.39, 0.29) is 11.9 Å². The van der Waals surface area contributed by atoms with Gasteiger partial charge in [-0.25, -0.2) is 4.39 Å². The molecule has 0 spiro atoms. The smallest absolute Gasteiger partial charge is 0.191 e. The molecule has 0 unspecified atom stereocenters. The predicted octanol–water partition coefficient (Wildman–Crippen LogP) is 5.27. The molecule has 1 atom stereocenters. The molecule has 33 heavy (non-hydrogen) atoms. The fraction of sp³-hybridized carbons (Fsp3) is 0.462. The molecule has 2 fully saturated rings. The largest absolute Gasteiger partial charge is 0.376 e. The Morgan fingerprint density at radius 1 is 0.939 bits per heavy atom. The van der Waals surface area contributed by atoms with Crippen molar-refractivity contribution < 1.29 is 9.13 Å². The maximum Gasteiger partial charge on any atom is 0.191 e. The Labute approximate surface area is 199 Å². The number of benzene rings is 2. The highest BCUT2D eigenvalue weighted by Gasteiger charge is 2.28. The first-order chi connectivity index (χ1) is 16.2. The summed E-state index contributed by atoms with van der Waals surface area (Å²) in [5, 5.41) is 10.2. The van der Waals surface area contributed by atoms with Crippen molar-refractivity contribution in [1.82, 2.24) is 19.7 Å². The molecule has 3 aromatic rings. The first kappa shape index (κ1) is 22.6. The molecule has 2 aliphatic rings. The molecule has 0 bridgehead atoms. The number of ether oxygens (including phenoxy) is 1. The van der Waals surface area contributed by atoms with Crippen molar-refractivity contribution in [3.8, 4) is 0 Å². The molecule has 5 nitrogen and oxygen atoms in total. The number of hydrogen-bond donors (Lipinski definition) is 0. The van der Waals surface area contributed by atoms with Crippen LogP contribution >= 0.6 is 11.8 Å².